The lowest BCUT2D eigenvalue weighted by atomic mass is 9.79. The van der Waals surface area contributed by atoms with Gasteiger partial charge in [0.1, 0.15) is 0 Å². The molecule has 5 rings (SSSR count). The van der Waals surface area contributed by atoms with E-state index in [9.17, 15) is 9.90 Å². The van der Waals surface area contributed by atoms with Gasteiger partial charge in [-0.2, -0.15) is 4.98 Å². The van der Waals surface area contributed by atoms with Crippen molar-refractivity contribution in [3.05, 3.63) is 81.4 Å². The maximum atomic E-state index is 11.4. The molecule has 0 aliphatic heterocycles. The number of hydrogen-bond acceptors (Lipinski definition) is 4. The standard InChI is InChI=1S/C14H15ClN2O.C12H13ClO2/c1-10-16-13(18-17-10)14(8-2-3-9-14)11-4-6-12(15)7-5-11;13-10-5-3-9(4-6-10)12(11(14)15)7-1-2-8-12/h4-7H,2-3,8-9H2,1H3;3-6H,1-2,7-8H2,(H,14,15). The number of aliphatic carboxylic acids is 1. The third kappa shape index (κ3) is 4.80. The third-order valence-electron chi connectivity index (χ3n) is 7.05. The summed E-state index contributed by atoms with van der Waals surface area (Å²) in [6, 6.07) is 15.2. The van der Waals surface area contributed by atoms with E-state index in [1.807, 2.05) is 31.2 Å². The van der Waals surface area contributed by atoms with Crippen molar-refractivity contribution in [1.29, 1.82) is 0 Å². The van der Waals surface area contributed by atoms with Crippen LogP contribution in [-0.4, -0.2) is 21.2 Å². The monoisotopic (exact) mass is 486 g/mol. The molecule has 1 heterocycles. The van der Waals surface area contributed by atoms with Crippen LogP contribution in [0.15, 0.2) is 53.1 Å². The lowest BCUT2D eigenvalue weighted by Crippen LogP contribution is -2.32. The SMILES string of the molecule is Cc1noc(C2(c3ccc(Cl)cc3)CCCC2)n1.O=C(O)C1(c2ccc(Cl)cc2)CCCC1. The van der Waals surface area contributed by atoms with Gasteiger partial charge in [-0.1, -0.05) is 78.3 Å². The number of nitrogens with zero attached hydrogens (tertiary/aromatic N) is 2. The van der Waals surface area contributed by atoms with E-state index in [2.05, 4.69) is 22.3 Å². The van der Waals surface area contributed by atoms with Crippen LogP contribution in [0.5, 0.6) is 0 Å². The third-order valence-corrected chi connectivity index (χ3v) is 7.56. The summed E-state index contributed by atoms with van der Waals surface area (Å²) in [5, 5.41) is 14.7. The van der Waals surface area contributed by atoms with Gasteiger partial charge in [0.15, 0.2) is 5.82 Å². The van der Waals surface area contributed by atoms with Crippen molar-refractivity contribution in [3.8, 4) is 0 Å². The summed E-state index contributed by atoms with van der Waals surface area (Å²) in [6.45, 7) is 1.86. The van der Waals surface area contributed by atoms with Crippen molar-refractivity contribution in [2.24, 2.45) is 0 Å². The smallest absolute Gasteiger partial charge is 0.314 e. The molecular formula is C26H28Cl2N2O3. The Morgan fingerprint density at radius 3 is 1.79 bits per heavy atom. The van der Waals surface area contributed by atoms with Gasteiger partial charge in [-0.05, 0) is 68.0 Å². The fraction of sp³-hybridized carbons (Fsp3) is 0.423. The second kappa shape index (κ2) is 9.86. The molecule has 2 saturated carbocycles. The molecular weight excluding hydrogens is 459 g/mol. The van der Waals surface area contributed by atoms with Crippen LogP contribution in [-0.2, 0) is 15.6 Å². The molecule has 2 aromatic carbocycles. The fourth-order valence-corrected chi connectivity index (χ4v) is 5.49. The summed E-state index contributed by atoms with van der Waals surface area (Å²) in [5.74, 6) is 0.743. The Morgan fingerprint density at radius 2 is 1.33 bits per heavy atom. The number of aryl methyl sites for hydroxylation is 1. The molecule has 0 atom stereocenters. The first-order chi connectivity index (χ1) is 15.9. The Morgan fingerprint density at radius 1 is 0.848 bits per heavy atom. The molecule has 0 amide bonds. The summed E-state index contributed by atoms with van der Waals surface area (Å²) in [6.07, 6.45) is 8.00. The Kier molecular flexibility index (Phi) is 7.10. The Hall–Kier alpha value is -2.37. The van der Waals surface area contributed by atoms with Gasteiger partial charge in [0.05, 0.1) is 10.8 Å². The maximum Gasteiger partial charge on any atom is 0.314 e. The van der Waals surface area contributed by atoms with Crippen LogP contribution in [0, 0.1) is 6.92 Å². The Balaban J connectivity index is 0.000000160. The van der Waals surface area contributed by atoms with Gasteiger partial charge in [0.2, 0.25) is 5.89 Å². The van der Waals surface area contributed by atoms with Crippen molar-refractivity contribution in [3.63, 3.8) is 0 Å². The molecule has 0 radical (unpaired) electrons. The van der Waals surface area contributed by atoms with Crippen LogP contribution in [0.3, 0.4) is 0 Å². The van der Waals surface area contributed by atoms with Gasteiger partial charge in [-0.3, -0.25) is 4.79 Å². The highest BCUT2D eigenvalue weighted by Crippen LogP contribution is 2.46. The first-order valence-corrected chi connectivity index (χ1v) is 12.2. The molecule has 0 unspecified atom stereocenters. The zero-order valence-corrected chi connectivity index (χ0v) is 20.2. The Bertz CT molecular complexity index is 1080. The second-order valence-corrected chi connectivity index (χ2v) is 9.92. The van der Waals surface area contributed by atoms with E-state index in [0.717, 1.165) is 55.0 Å². The highest BCUT2D eigenvalue weighted by molar-refractivity contribution is 6.30. The molecule has 2 aliphatic rings. The first kappa shape index (κ1) is 23.8. The van der Waals surface area contributed by atoms with Crippen LogP contribution < -0.4 is 0 Å². The number of aromatic nitrogens is 2. The Labute approximate surface area is 204 Å². The molecule has 174 valence electrons. The van der Waals surface area contributed by atoms with Gasteiger partial charge < -0.3 is 9.63 Å². The van der Waals surface area contributed by atoms with Gasteiger partial charge in [-0.25, -0.2) is 0 Å². The van der Waals surface area contributed by atoms with Gasteiger partial charge in [-0.15, -0.1) is 0 Å². The van der Waals surface area contributed by atoms with Crippen LogP contribution in [0.4, 0.5) is 0 Å². The number of halogens is 2. The molecule has 1 aromatic heterocycles. The lowest BCUT2D eigenvalue weighted by molar-refractivity contribution is -0.143. The predicted molar refractivity (Wildman–Crippen MR) is 129 cm³/mol. The number of carboxylic acids is 1. The van der Waals surface area contributed by atoms with Gasteiger partial charge in [0, 0.05) is 10.0 Å². The van der Waals surface area contributed by atoms with Crippen molar-refractivity contribution < 1.29 is 14.4 Å². The number of rotatable bonds is 4. The first-order valence-electron chi connectivity index (χ1n) is 11.4. The quantitative estimate of drug-likeness (QED) is 0.424. The van der Waals surface area contributed by atoms with Gasteiger partial charge in [0.25, 0.3) is 0 Å². The molecule has 7 heteroatoms. The summed E-state index contributed by atoms with van der Waals surface area (Å²) in [4.78, 5) is 15.8. The van der Waals surface area contributed by atoms with E-state index < -0.39 is 11.4 Å². The van der Waals surface area contributed by atoms with E-state index in [0.29, 0.717) is 10.8 Å². The van der Waals surface area contributed by atoms with E-state index in [1.165, 1.54) is 18.4 Å². The lowest BCUT2D eigenvalue weighted by Gasteiger charge is -2.25. The van der Waals surface area contributed by atoms with Crippen molar-refractivity contribution in [2.75, 3.05) is 0 Å². The van der Waals surface area contributed by atoms with Crippen LogP contribution >= 0.6 is 23.2 Å². The number of hydrogen-bond donors (Lipinski definition) is 1. The average Bonchev–Trinajstić information content (AvgIpc) is 3.57. The highest BCUT2D eigenvalue weighted by Gasteiger charge is 2.43. The van der Waals surface area contributed by atoms with Crippen molar-refractivity contribution in [2.45, 2.75) is 69.1 Å². The molecule has 33 heavy (non-hydrogen) atoms. The molecule has 2 fully saturated rings. The maximum absolute atomic E-state index is 11.4. The van der Waals surface area contributed by atoms with Crippen molar-refractivity contribution >= 4 is 29.2 Å². The van der Waals surface area contributed by atoms with Crippen molar-refractivity contribution in [1.82, 2.24) is 10.1 Å². The number of carboxylic acid groups (broad SMARTS) is 1. The molecule has 5 nitrogen and oxygen atoms in total. The fourth-order valence-electron chi connectivity index (χ4n) is 5.24. The van der Waals surface area contributed by atoms with Gasteiger partial charge >= 0.3 is 5.97 Å². The topological polar surface area (TPSA) is 76.2 Å². The minimum Gasteiger partial charge on any atom is -0.481 e. The average molecular weight is 487 g/mol. The zero-order valence-electron chi connectivity index (χ0n) is 18.7. The summed E-state index contributed by atoms with van der Waals surface area (Å²) in [7, 11) is 0. The van der Waals surface area contributed by atoms with Crippen LogP contribution in [0.2, 0.25) is 10.0 Å². The number of benzene rings is 2. The normalized spacial score (nSPS) is 18.5. The molecule has 0 saturated heterocycles. The molecule has 2 aliphatic carbocycles. The van der Waals surface area contributed by atoms with Crippen LogP contribution in [0.25, 0.3) is 0 Å². The molecule has 1 N–H and O–H groups in total. The predicted octanol–water partition coefficient (Wildman–Crippen LogP) is 7.13. The largest absolute Gasteiger partial charge is 0.481 e. The highest BCUT2D eigenvalue weighted by atomic mass is 35.5. The molecule has 0 bridgehead atoms. The second-order valence-electron chi connectivity index (χ2n) is 9.04. The zero-order chi connectivity index (χ0) is 23.5. The van der Waals surface area contributed by atoms with E-state index in [-0.39, 0.29) is 5.41 Å². The molecule has 3 aromatic rings. The summed E-state index contributed by atoms with van der Waals surface area (Å²) < 4.78 is 5.44. The van der Waals surface area contributed by atoms with E-state index in [4.69, 9.17) is 27.7 Å². The summed E-state index contributed by atoms with van der Waals surface area (Å²) >= 11 is 11.8. The molecule has 0 spiro atoms. The minimum atomic E-state index is -0.706. The van der Waals surface area contributed by atoms with E-state index >= 15 is 0 Å². The summed E-state index contributed by atoms with van der Waals surface area (Å²) in [5.41, 5.74) is 1.35. The number of carbonyl (C=O) groups is 1. The van der Waals surface area contributed by atoms with Crippen LogP contribution in [0.1, 0.15) is 74.2 Å². The minimum absolute atomic E-state index is 0.105. The van der Waals surface area contributed by atoms with E-state index in [1.54, 1.807) is 12.1 Å².